The van der Waals surface area contributed by atoms with Gasteiger partial charge in [-0.2, -0.15) is 0 Å². The number of fused-ring (bicyclic) bond motifs is 3. The van der Waals surface area contributed by atoms with Gasteiger partial charge < -0.3 is 18.9 Å². The van der Waals surface area contributed by atoms with E-state index < -0.39 is 0 Å². The van der Waals surface area contributed by atoms with Gasteiger partial charge in [-0.3, -0.25) is 4.79 Å². The average molecular weight is 250 g/mol. The van der Waals surface area contributed by atoms with Crippen LogP contribution in [-0.2, 0) is 20.9 Å². The second kappa shape index (κ2) is 4.17. The van der Waals surface area contributed by atoms with Gasteiger partial charge in [0.2, 0.25) is 0 Å². The molecule has 1 aromatic rings. The molecule has 96 valence electrons. The van der Waals surface area contributed by atoms with Crippen LogP contribution in [-0.4, -0.2) is 26.3 Å². The highest BCUT2D eigenvalue weighted by Crippen LogP contribution is 2.44. The Morgan fingerprint density at radius 1 is 1.28 bits per heavy atom. The minimum Gasteiger partial charge on any atom is -0.493 e. The van der Waals surface area contributed by atoms with E-state index in [1.165, 1.54) is 0 Å². The van der Waals surface area contributed by atoms with E-state index in [1.807, 2.05) is 12.1 Å². The van der Waals surface area contributed by atoms with Crippen LogP contribution in [0.4, 0.5) is 0 Å². The predicted molar refractivity (Wildman–Crippen MR) is 61.6 cm³/mol. The molecule has 2 aliphatic heterocycles. The molecule has 1 aromatic carbocycles. The minimum absolute atomic E-state index is 0.178. The van der Waals surface area contributed by atoms with E-state index in [1.54, 1.807) is 14.2 Å². The van der Waals surface area contributed by atoms with Crippen LogP contribution < -0.4 is 9.47 Å². The number of methoxy groups -OCH3 is 2. The quantitative estimate of drug-likeness (QED) is 0.746. The Labute approximate surface area is 105 Å². The van der Waals surface area contributed by atoms with Crippen LogP contribution in [0.15, 0.2) is 12.1 Å². The van der Waals surface area contributed by atoms with Gasteiger partial charge in [0.05, 0.1) is 27.2 Å². The largest absolute Gasteiger partial charge is 0.493 e. The summed E-state index contributed by atoms with van der Waals surface area (Å²) in [6.07, 6.45) is -0.178. The monoisotopic (exact) mass is 250 g/mol. The van der Waals surface area contributed by atoms with Gasteiger partial charge in [0.15, 0.2) is 17.6 Å². The van der Waals surface area contributed by atoms with Crippen LogP contribution >= 0.6 is 0 Å². The first-order valence-corrected chi connectivity index (χ1v) is 5.79. The molecule has 0 saturated carbocycles. The first kappa shape index (κ1) is 11.3. The topological polar surface area (TPSA) is 54.0 Å². The molecule has 0 amide bonds. The van der Waals surface area contributed by atoms with E-state index in [-0.39, 0.29) is 18.2 Å². The van der Waals surface area contributed by atoms with Crippen molar-refractivity contribution in [2.45, 2.75) is 25.2 Å². The SMILES string of the molecule is COc1ccc2c(c1OC)CO[C@@H]1CC(=O)O[C@H]21. The highest BCUT2D eigenvalue weighted by molar-refractivity contribution is 5.73. The molecule has 0 aromatic heterocycles. The fourth-order valence-corrected chi connectivity index (χ4v) is 2.56. The van der Waals surface area contributed by atoms with Crippen LogP contribution in [0.3, 0.4) is 0 Å². The maximum Gasteiger partial charge on any atom is 0.309 e. The lowest BCUT2D eigenvalue weighted by atomic mass is 9.95. The van der Waals surface area contributed by atoms with Gasteiger partial charge in [-0.15, -0.1) is 0 Å². The number of carbonyl (C=O) groups excluding carboxylic acids is 1. The van der Waals surface area contributed by atoms with Crippen molar-refractivity contribution in [3.05, 3.63) is 23.3 Å². The number of benzene rings is 1. The molecule has 0 N–H and O–H groups in total. The zero-order valence-corrected chi connectivity index (χ0v) is 10.3. The molecule has 0 radical (unpaired) electrons. The summed E-state index contributed by atoms with van der Waals surface area (Å²) in [4.78, 5) is 11.3. The third kappa shape index (κ3) is 1.54. The fraction of sp³-hybridized carbons (Fsp3) is 0.462. The molecule has 0 aliphatic carbocycles. The summed E-state index contributed by atoms with van der Waals surface area (Å²) >= 11 is 0. The summed E-state index contributed by atoms with van der Waals surface area (Å²) in [5, 5.41) is 0. The van der Waals surface area contributed by atoms with Crippen LogP contribution in [0.1, 0.15) is 23.7 Å². The summed E-state index contributed by atoms with van der Waals surface area (Å²) < 4.78 is 21.6. The molecule has 3 rings (SSSR count). The maximum absolute atomic E-state index is 11.3. The molecule has 0 spiro atoms. The Bertz CT molecular complexity index is 496. The van der Waals surface area contributed by atoms with Crippen molar-refractivity contribution in [1.82, 2.24) is 0 Å². The summed E-state index contributed by atoms with van der Waals surface area (Å²) in [5.74, 6) is 1.09. The van der Waals surface area contributed by atoms with E-state index in [2.05, 4.69) is 0 Å². The van der Waals surface area contributed by atoms with E-state index in [4.69, 9.17) is 18.9 Å². The Morgan fingerprint density at radius 2 is 2.11 bits per heavy atom. The minimum atomic E-state index is -0.318. The molecule has 18 heavy (non-hydrogen) atoms. The van der Waals surface area contributed by atoms with Crippen LogP contribution in [0, 0.1) is 0 Å². The molecule has 5 heteroatoms. The summed E-state index contributed by atoms with van der Waals surface area (Å²) in [7, 11) is 3.18. The molecule has 5 nitrogen and oxygen atoms in total. The lowest BCUT2D eigenvalue weighted by Crippen LogP contribution is -2.24. The van der Waals surface area contributed by atoms with Crippen molar-refractivity contribution in [2.24, 2.45) is 0 Å². The zero-order chi connectivity index (χ0) is 12.7. The summed E-state index contributed by atoms with van der Waals surface area (Å²) in [6, 6.07) is 3.74. The predicted octanol–water partition coefficient (Wildman–Crippen LogP) is 1.59. The molecule has 2 atom stereocenters. The van der Waals surface area contributed by atoms with Gasteiger partial charge in [-0.1, -0.05) is 6.07 Å². The number of ether oxygens (including phenoxy) is 4. The molecule has 0 unspecified atom stereocenters. The van der Waals surface area contributed by atoms with E-state index >= 15 is 0 Å². The standard InChI is InChI=1S/C13H14O5/c1-15-9-4-3-7-8(12(9)16-2)6-17-10-5-11(14)18-13(7)10/h3-4,10,13H,5-6H2,1-2H3/t10-,13-/m1/s1. The van der Waals surface area contributed by atoms with Crippen LogP contribution in [0.5, 0.6) is 11.5 Å². The van der Waals surface area contributed by atoms with Crippen molar-refractivity contribution in [3.8, 4) is 11.5 Å². The number of hydrogen-bond acceptors (Lipinski definition) is 5. The smallest absolute Gasteiger partial charge is 0.309 e. The van der Waals surface area contributed by atoms with Crippen molar-refractivity contribution in [3.63, 3.8) is 0 Å². The Balaban J connectivity index is 2.08. The first-order valence-electron chi connectivity index (χ1n) is 5.79. The lowest BCUT2D eigenvalue weighted by Gasteiger charge is -2.28. The lowest BCUT2D eigenvalue weighted by molar-refractivity contribution is -0.142. The maximum atomic E-state index is 11.3. The Kier molecular flexibility index (Phi) is 2.63. The Morgan fingerprint density at radius 3 is 2.83 bits per heavy atom. The third-order valence-corrected chi connectivity index (χ3v) is 3.40. The van der Waals surface area contributed by atoms with Crippen LogP contribution in [0.2, 0.25) is 0 Å². The number of esters is 1. The molecular weight excluding hydrogens is 236 g/mol. The number of rotatable bonds is 2. The molecule has 2 aliphatic rings. The van der Waals surface area contributed by atoms with E-state index in [0.717, 1.165) is 11.1 Å². The number of hydrogen-bond donors (Lipinski definition) is 0. The highest BCUT2D eigenvalue weighted by atomic mass is 16.6. The van der Waals surface area contributed by atoms with Gasteiger partial charge in [-0.25, -0.2) is 0 Å². The van der Waals surface area contributed by atoms with E-state index in [0.29, 0.717) is 24.5 Å². The first-order chi connectivity index (χ1) is 8.74. The molecule has 1 saturated heterocycles. The van der Waals surface area contributed by atoms with Crippen molar-refractivity contribution >= 4 is 5.97 Å². The van der Waals surface area contributed by atoms with E-state index in [9.17, 15) is 4.79 Å². The van der Waals surface area contributed by atoms with Gasteiger partial charge in [0, 0.05) is 11.1 Å². The molecule has 2 heterocycles. The third-order valence-electron chi connectivity index (χ3n) is 3.40. The normalized spacial score (nSPS) is 25.1. The van der Waals surface area contributed by atoms with Gasteiger partial charge in [0.1, 0.15) is 6.10 Å². The number of carbonyl (C=O) groups is 1. The van der Waals surface area contributed by atoms with Gasteiger partial charge in [-0.05, 0) is 6.07 Å². The van der Waals surface area contributed by atoms with Crippen molar-refractivity contribution < 1.29 is 23.7 Å². The van der Waals surface area contributed by atoms with Crippen molar-refractivity contribution in [2.75, 3.05) is 14.2 Å². The summed E-state index contributed by atoms with van der Waals surface area (Å²) in [5.41, 5.74) is 1.85. The average Bonchev–Trinajstić information content (AvgIpc) is 2.77. The second-order valence-electron chi connectivity index (χ2n) is 4.33. The molecule has 1 fully saturated rings. The summed E-state index contributed by atoms with van der Waals surface area (Å²) in [6.45, 7) is 0.410. The fourth-order valence-electron chi connectivity index (χ4n) is 2.56. The second-order valence-corrected chi connectivity index (χ2v) is 4.33. The van der Waals surface area contributed by atoms with Crippen LogP contribution in [0.25, 0.3) is 0 Å². The molecule has 0 bridgehead atoms. The Hall–Kier alpha value is -1.75. The molecular formula is C13H14O5. The zero-order valence-electron chi connectivity index (χ0n) is 10.3. The van der Waals surface area contributed by atoms with Gasteiger partial charge >= 0.3 is 5.97 Å². The highest BCUT2D eigenvalue weighted by Gasteiger charge is 2.42. The van der Waals surface area contributed by atoms with Gasteiger partial charge in [0.25, 0.3) is 0 Å². The van der Waals surface area contributed by atoms with Crippen molar-refractivity contribution in [1.29, 1.82) is 0 Å².